The van der Waals surface area contributed by atoms with Crippen LogP contribution in [0.4, 0.5) is 0 Å². The first-order valence-electron chi connectivity index (χ1n) is 10.5. The van der Waals surface area contributed by atoms with Crippen LogP contribution in [0.3, 0.4) is 0 Å². The molecule has 1 amide bonds. The van der Waals surface area contributed by atoms with Crippen molar-refractivity contribution in [3.63, 3.8) is 0 Å². The summed E-state index contributed by atoms with van der Waals surface area (Å²) in [6.07, 6.45) is 2.55. The van der Waals surface area contributed by atoms with Gasteiger partial charge in [0.15, 0.2) is 5.96 Å². The molecule has 0 fully saturated rings. The van der Waals surface area contributed by atoms with Gasteiger partial charge in [0.2, 0.25) is 5.91 Å². The number of ether oxygens (including phenoxy) is 1. The number of amides is 1. The molecule has 1 unspecified atom stereocenters. The third-order valence-corrected chi connectivity index (χ3v) is 5.12. The molecule has 1 aliphatic rings. The molecule has 1 aromatic rings. The van der Waals surface area contributed by atoms with Crippen LogP contribution in [0.25, 0.3) is 0 Å². The summed E-state index contributed by atoms with van der Waals surface area (Å²) in [5, 5.41) is 6.63. The molecule has 1 aromatic carbocycles. The van der Waals surface area contributed by atoms with E-state index in [1.807, 2.05) is 24.0 Å². The van der Waals surface area contributed by atoms with Gasteiger partial charge in [-0.1, -0.05) is 38.1 Å². The van der Waals surface area contributed by atoms with Gasteiger partial charge in [0, 0.05) is 46.3 Å². The molecule has 29 heavy (non-hydrogen) atoms. The zero-order chi connectivity index (χ0) is 20.4. The summed E-state index contributed by atoms with van der Waals surface area (Å²) < 4.78 is 5.77. The van der Waals surface area contributed by atoms with Crippen LogP contribution in [0.1, 0.15) is 51.2 Å². The van der Waals surface area contributed by atoms with Crippen molar-refractivity contribution >= 4 is 35.8 Å². The lowest BCUT2D eigenvalue weighted by molar-refractivity contribution is -0.131. The summed E-state index contributed by atoms with van der Waals surface area (Å²) in [6.45, 7) is 10.2. The molecular weight excluding hydrogens is 479 g/mol. The quantitative estimate of drug-likeness (QED) is 0.216. The molecule has 0 bridgehead atoms. The second-order valence-electron chi connectivity index (χ2n) is 7.57. The minimum atomic E-state index is 0. The number of benzene rings is 1. The van der Waals surface area contributed by atoms with Crippen molar-refractivity contribution in [1.29, 1.82) is 0 Å². The van der Waals surface area contributed by atoms with Gasteiger partial charge < -0.3 is 20.3 Å². The fraction of sp³-hybridized carbons (Fsp3) is 0.636. The summed E-state index contributed by atoms with van der Waals surface area (Å²) in [5.74, 6) is 1.50. The summed E-state index contributed by atoms with van der Waals surface area (Å²) in [6, 6.07) is 8.28. The van der Waals surface area contributed by atoms with Crippen LogP contribution in [0.5, 0.6) is 0 Å². The highest BCUT2D eigenvalue weighted by Gasteiger charge is 2.22. The van der Waals surface area contributed by atoms with E-state index < -0.39 is 0 Å². The fourth-order valence-electron chi connectivity index (χ4n) is 3.49. The average Bonchev–Trinajstić information content (AvgIpc) is 3.13. The molecule has 2 N–H and O–H groups in total. The van der Waals surface area contributed by atoms with E-state index in [-0.39, 0.29) is 36.0 Å². The van der Waals surface area contributed by atoms with Crippen molar-refractivity contribution in [2.75, 3.05) is 26.7 Å². The number of guanidine groups is 1. The number of nitrogens with zero attached hydrogens (tertiary/aromatic N) is 2. The van der Waals surface area contributed by atoms with Crippen LogP contribution in [0, 0.1) is 5.92 Å². The smallest absolute Gasteiger partial charge is 0.223 e. The van der Waals surface area contributed by atoms with Crippen molar-refractivity contribution in [3.8, 4) is 0 Å². The van der Waals surface area contributed by atoms with Crippen molar-refractivity contribution in [3.05, 3.63) is 35.4 Å². The monoisotopic (exact) mass is 516 g/mol. The molecule has 0 saturated heterocycles. The van der Waals surface area contributed by atoms with Crippen LogP contribution in [0.15, 0.2) is 29.3 Å². The number of halogens is 1. The first-order chi connectivity index (χ1) is 13.5. The van der Waals surface area contributed by atoms with Gasteiger partial charge in [0.1, 0.15) is 0 Å². The average molecular weight is 516 g/mol. The lowest BCUT2D eigenvalue weighted by atomic mass is 10.0. The van der Waals surface area contributed by atoms with E-state index in [1.165, 1.54) is 11.1 Å². The van der Waals surface area contributed by atoms with Gasteiger partial charge in [-0.3, -0.25) is 9.79 Å². The Morgan fingerprint density at radius 1 is 1.17 bits per heavy atom. The SMILES string of the molecule is CCOC(CCNC(=NC)NCCCC(=O)N1Cc2ccccc2C1)C(C)C.I. The van der Waals surface area contributed by atoms with Gasteiger partial charge in [-0.15, -0.1) is 24.0 Å². The second-order valence-corrected chi connectivity index (χ2v) is 7.57. The maximum atomic E-state index is 12.4. The summed E-state index contributed by atoms with van der Waals surface area (Å²) in [5.41, 5.74) is 2.54. The van der Waals surface area contributed by atoms with Gasteiger partial charge in [0.05, 0.1) is 6.10 Å². The molecule has 2 rings (SSSR count). The second kappa shape index (κ2) is 13.8. The van der Waals surface area contributed by atoms with E-state index in [0.29, 0.717) is 12.3 Å². The lowest BCUT2D eigenvalue weighted by Gasteiger charge is -2.21. The van der Waals surface area contributed by atoms with Crippen molar-refractivity contribution in [1.82, 2.24) is 15.5 Å². The van der Waals surface area contributed by atoms with Crippen LogP contribution in [-0.4, -0.2) is 49.6 Å². The summed E-state index contributed by atoms with van der Waals surface area (Å²) in [4.78, 5) is 18.6. The van der Waals surface area contributed by atoms with Crippen molar-refractivity contribution in [2.45, 2.75) is 59.2 Å². The molecule has 1 atom stereocenters. The first kappa shape index (κ1) is 25.7. The number of fused-ring (bicyclic) bond motifs is 1. The van der Waals surface area contributed by atoms with Gasteiger partial charge in [-0.2, -0.15) is 0 Å². The van der Waals surface area contributed by atoms with E-state index in [2.05, 4.69) is 41.6 Å². The van der Waals surface area contributed by atoms with Crippen molar-refractivity contribution in [2.24, 2.45) is 10.9 Å². The minimum absolute atomic E-state index is 0. The Kier molecular flexibility index (Phi) is 12.2. The highest BCUT2D eigenvalue weighted by Crippen LogP contribution is 2.22. The number of carbonyl (C=O) groups excluding carboxylic acids is 1. The highest BCUT2D eigenvalue weighted by atomic mass is 127. The Balaban J connectivity index is 0.00000420. The van der Waals surface area contributed by atoms with Gasteiger partial charge in [-0.25, -0.2) is 0 Å². The van der Waals surface area contributed by atoms with E-state index in [1.54, 1.807) is 7.05 Å². The molecule has 1 heterocycles. The molecule has 0 aromatic heterocycles. The van der Waals surface area contributed by atoms with Gasteiger partial charge >= 0.3 is 0 Å². The van der Waals surface area contributed by atoms with Crippen molar-refractivity contribution < 1.29 is 9.53 Å². The van der Waals surface area contributed by atoms with Gasteiger partial charge in [0.25, 0.3) is 0 Å². The molecule has 6 nitrogen and oxygen atoms in total. The fourth-order valence-corrected chi connectivity index (χ4v) is 3.49. The predicted molar refractivity (Wildman–Crippen MR) is 130 cm³/mol. The number of carbonyl (C=O) groups is 1. The first-order valence-corrected chi connectivity index (χ1v) is 10.5. The van der Waals surface area contributed by atoms with E-state index in [0.717, 1.165) is 51.6 Å². The number of aliphatic imine (C=N–C) groups is 1. The number of rotatable bonds is 10. The molecule has 0 radical (unpaired) electrons. The lowest BCUT2D eigenvalue weighted by Crippen LogP contribution is -2.40. The molecule has 0 saturated carbocycles. The zero-order valence-corrected chi connectivity index (χ0v) is 20.6. The van der Waals surface area contributed by atoms with E-state index in [9.17, 15) is 4.79 Å². The highest BCUT2D eigenvalue weighted by molar-refractivity contribution is 14.0. The molecule has 1 aliphatic heterocycles. The van der Waals surface area contributed by atoms with Gasteiger partial charge in [-0.05, 0) is 36.8 Å². The topological polar surface area (TPSA) is 66.0 Å². The normalized spacial score (nSPS) is 14.4. The zero-order valence-electron chi connectivity index (χ0n) is 18.2. The molecule has 7 heteroatoms. The summed E-state index contributed by atoms with van der Waals surface area (Å²) >= 11 is 0. The summed E-state index contributed by atoms with van der Waals surface area (Å²) in [7, 11) is 1.77. The Hall–Kier alpha value is -1.35. The number of hydrogen-bond donors (Lipinski definition) is 2. The number of hydrogen-bond acceptors (Lipinski definition) is 3. The Bertz CT molecular complexity index is 626. The standard InChI is InChI=1S/C22H36N4O2.HI/c1-5-28-20(17(2)3)12-14-25-22(23-4)24-13-8-11-21(27)26-15-18-9-6-7-10-19(18)16-26;/h6-7,9-10,17,20H,5,8,11-16H2,1-4H3,(H2,23,24,25);1H. The Morgan fingerprint density at radius 2 is 1.79 bits per heavy atom. The third-order valence-electron chi connectivity index (χ3n) is 5.12. The van der Waals surface area contributed by atoms with Crippen LogP contribution in [0.2, 0.25) is 0 Å². The molecule has 164 valence electrons. The third kappa shape index (κ3) is 8.50. The Labute approximate surface area is 192 Å². The van der Waals surface area contributed by atoms with Crippen LogP contribution < -0.4 is 10.6 Å². The van der Waals surface area contributed by atoms with Crippen LogP contribution >= 0.6 is 24.0 Å². The molecular formula is C22H37IN4O2. The molecule has 0 aliphatic carbocycles. The van der Waals surface area contributed by atoms with E-state index >= 15 is 0 Å². The largest absolute Gasteiger partial charge is 0.378 e. The minimum Gasteiger partial charge on any atom is -0.378 e. The van der Waals surface area contributed by atoms with Crippen LogP contribution in [-0.2, 0) is 22.6 Å². The number of nitrogens with one attached hydrogen (secondary N) is 2. The maximum Gasteiger partial charge on any atom is 0.223 e. The maximum absolute atomic E-state index is 12.4. The molecule has 0 spiro atoms. The Morgan fingerprint density at radius 3 is 2.34 bits per heavy atom. The van der Waals surface area contributed by atoms with E-state index in [4.69, 9.17) is 4.74 Å². The predicted octanol–water partition coefficient (Wildman–Crippen LogP) is 3.54.